The molecule has 4 heterocycles. The van der Waals surface area contributed by atoms with E-state index in [0.29, 0.717) is 0 Å². The van der Waals surface area contributed by atoms with Crippen LogP contribution in [-0.4, -0.2) is 221 Å². The molecule has 4 aliphatic heterocycles. The summed E-state index contributed by atoms with van der Waals surface area (Å²) in [5, 5.41) is 142. The Morgan fingerprint density at radius 1 is 0.333 bits per heavy atom. The van der Waals surface area contributed by atoms with Crippen LogP contribution < -0.4 is 0 Å². The predicted molar refractivity (Wildman–Crippen MR) is 134 cm³/mol. The van der Waals surface area contributed by atoms with Crippen molar-refractivity contribution in [1.82, 2.24) is 0 Å². The van der Waals surface area contributed by atoms with Crippen LogP contribution in [0, 0.1) is 0 Å². The fourth-order valence-electron chi connectivity index (χ4n) is 5.55. The van der Waals surface area contributed by atoms with Gasteiger partial charge in [0.05, 0.1) is 26.4 Å². The van der Waals surface area contributed by atoms with Crippen molar-refractivity contribution in [3.63, 3.8) is 0 Å². The van der Waals surface area contributed by atoms with E-state index in [1.54, 1.807) is 0 Å². The molecule has 21 heteroatoms. The van der Waals surface area contributed by atoms with Gasteiger partial charge in [-0.05, 0) is 0 Å². The lowest BCUT2D eigenvalue weighted by Gasteiger charge is -2.49. The van der Waals surface area contributed by atoms with Crippen LogP contribution in [0.15, 0.2) is 0 Å². The molecule has 4 saturated heterocycles. The van der Waals surface area contributed by atoms with Crippen LogP contribution in [0.4, 0.5) is 0 Å². The maximum atomic E-state index is 10.9. The average Bonchev–Trinajstić information content (AvgIpc) is 3.03. The Balaban J connectivity index is 1.43. The molecule has 0 spiro atoms. The van der Waals surface area contributed by atoms with E-state index in [1.165, 1.54) is 0 Å². The molecule has 0 bridgehead atoms. The summed E-state index contributed by atoms with van der Waals surface area (Å²) in [6.07, 6.45) is -35.3. The number of ether oxygens (including phenoxy) is 7. The summed E-state index contributed by atoms with van der Waals surface area (Å²) >= 11 is 0. The molecule has 0 aromatic carbocycles. The Morgan fingerprint density at radius 3 is 1.02 bits per heavy atom. The van der Waals surface area contributed by atoms with Crippen molar-refractivity contribution in [2.75, 3.05) is 26.4 Å². The van der Waals surface area contributed by atoms with Crippen molar-refractivity contribution in [2.24, 2.45) is 0 Å². The van der Waals surface area contributed by atoms with Crippen molar-refractivity contribution >= 4 is 0 Å². The molecule has 264 valence electrons. The molecule has 0 aliphatic carbocycles. The van der Waals surface area contributed by atoms with Gasteiger partial charge in [-0.25, -0.2) is 0 Å². The first-order valence-corrected chi connectivity index (χ1v) is 14.1. The molecule has 0 saturated carbocycles. The van der Waals surface area contributed by atoms with Gasteiger partial charge in [0.2, 0.25) is 0 Å². The molecule has 0 aromatic rings. The fraction of sp³-hybridized carbons (Fsp3) is 1.00. The van der Waals surface area contributed by atoms with E-state index in [1.807, 2.05) is 0 Å². The molecule has 20 atom stereocenters. The Kier molecular flexibility index (Phi) is 12.8. The summed E-state index contributed by atoms with van der Waals surface area (Å²) in [7, 11) is 0. The summed E-state index contributed by atoms with van der Waals surface area (Å²) in [5.74, 6) is 0. The standard InChI is InChI=1S/C24H42O21/c25-1-5-9(29)10(30)15(35)22(40-5)44-19-7(3-27)42-24(17(37)12(19)32)45-20-8(4-28)41-23(16(36)13(20)33)43-18-6(2-26)39-21(38)14(34)11(18)31/h5-38H,1-4H2/t5-,6+,7-,8-,9+,10+,11+,12-,13-,14+,15-,16+,17-,18+,19+,20-,21+,22+,23-,24+/m0/s1. The lowest BCUT2D eigenvalue weighted by molar-refractivity contribution is -0.387. The van der Waals surface area contributed by atoms with Gasteiger partial charge < -0.3 is 105 Å². The van der Waals surface area contributed by atoms with Gasteiger partial charge in [-0.3, -0.25) is 0 Å². The molecule has 4 aliphatic rings. The highest BCUT2D eigenvalue weighted by atomic mass is 16.8. The second-order valence-corrected chi connectivity index (χ2v) is 11.1. The van der Waals surface area contributed by atoms with Crippen LogP contribution in [0.25, 0.3) is 0 Å². The molecule has 0 radical (unpaired) electrons. The Hall–Kier alpha value is -0.840. The van der Waals surface area contributed by atoms with Gasteiger partial charge in [0, 0.05) is 0 Å². The Morgan fingerprint density at radius 2 is 0.644 bits per heavy atom. The van der Waals surface area contributed by atoms with E-state index in [9.17, 15) is 71.5 Å². The van der Waals surface area contributed by atoms with Crippen LogP contribution in [0.5, 0.6) is 0 Å². The number of hydrogen-bond acceptors (Lipinski definition) is 21. The second kappa shape index (κ2) is 15.6. The minimum Gasteiger partial charge on any atom is -0.394 e. The van der Waals surface area contributed by atoms with Gasteiger partial charge >= 0.3 is 0 Å². The second-order valence-electron chi connectivity index (χ2n) is 11.1. The number of aliphatic hydroxyl groups is 14. The van der Waals surface area contributed by atoms with Crippen LogP contribution in [0.1, 0.15) is 0 Å². The van der Waals surface area contributed by atoms with Crippen molar-refractivity contribution in [3.05, 3.63) is 0 Å². The highest BCUT2D eigenvalue weighted by molar-refractivity contribution is 4.97. The topological polar surface area (TPSA) is 348 Å². The van der Waals surface area contributed by atoms with Crippen LogP contribution in [0.2, 0.25) is 0 Å². The molecule has 14 N–H and O–H groups in total. The third-order valence-electron chi connectivity index (χ3n) is 8.20. The first kappa shape index (κ1) is 37.0. The molecule has 0 unspecified atom stereocenters. The smallest absolute Gasteiger partial charge is 0.187 e. The summed E-state index contributed by atoms with van der Waals surface area (Å²) in [6.45, 7) is -3.39. The van der Waals surface area contributed by atoms with E-state index in [2.05, 4.69) is 0 Å². The van der Waals surface area contributed by atoms with Crippen LogP contribution in [-0.2, 0) is 33.2 Å². The molecule has 0 aromatic heterocycles. The van der Waals surface area contributed by atoms with Crippen molar-refractivity contribution < 1.29 is 105 Å². The summed E-state index contributed by atoms with van der Waals surface area (Å²) in [4.78, 5) is 0. The Labute approximate surface area is 254 Å². The van der Waals surface area contributed by atoms with Gasteiger partial charge in [-0.1, -0.05) is 0 Å². The number of aliphatic hydroxyl groups excluding tert-OH is 14. The number of rotatable bonds is 10. The largest absolute Gasteiger partial charge is 0.394 e. The molecule has 4 rings (SSSR count). The van der Waals surface area contributed by atoms with E-state index in [4.69, 9.17) is 33.2 Å². The molecule has 45 heavy (non-hydrogen) atoms. The van der Waals surface area contributed by atoms with Gasteiger partial charge in [0.15, 0.2) is 25.2 Å². The zero-order valence-electron chi connectivity index (χ0n) is 23.5. The van der Waals surface area contributed by atoms with Gasteiger partial charge in [-0.2, -0.15) is 0 Å². The summed E-state index contributed by atoms with van der Waals surface area (Å²) in [5.41, 5.74) is 0. The molecule has 0 amide bonds. The van der Waals surface area contributed by atoms with E-state index in [-0.39, 0.29) is 0 Å². The van der Waals surface area contributed by atoms with Crippen LogP contribution in [0.3, 0.4) is 0 Å². The lowest BCUT2D eigenvalue weighted by atomic mass is 9.95. The zero-order chi connectivity index (χ0) is 33.3. The summed E-state index contributed by atoms with van der Waals surface area (Å²) < 4.78 is 37.7. The molecular formula is C24H42O21. The molecular weight excluding hydrogens is 624 g/mol. The Bertz CT molecular complexity index is 910. The lowest BCUT2D eigenvalue weighted by Crippen LogP contribution is -2.67. The van der Waals surface area contributed by atoms with Gasteiger partial charge in [-0.15, -0.1) is 0 Å². The molecule has 4 fully saturated rings. The van der Waals surface area contributed by atoms with E-state index in [0.717, 1.165) is 0 Å². The van der Waals surface area contributed by atoms with E-state index >= 15 is 0 Å². The monoisotopic (exact) mass is 666 g/mol. The van der Waals surface area contributed by atoms with Crippen molar-refractivity contribution in [1.29, 1.82) is 0 Å². The highest BCUT2D eigenvalue weighted by Crippen LogP contribution is 2.34. The third kappa shape index (κ3) is 7.44. The maximum Gasteiger partial charge on any atom is 0.187 e. The highest BCUT2D eigenvalue weighted by Gasteiger charge is 2.55. The SMILES string of the molecule is OC[C@@H]1O[C@H](O[C@H]2[C@@H](O)[C@H](O)[C@@H](O[C@@H]3[C@@H](O)[C@@H](O)[C@H](O[C@H]4[C@H](O)[C@@H](O)[C@H](O)O[C@@H]4CO)O[C@H]3CO)O[C@H]2CO)[C@@H](O)[C@H](O)[C@@H]1O. The fourth-order valence-corrected chi connectivity index (χ4v) is 5.55. The summed E-state index contributed by atoms with van der Waals surface area (Å²) in [6, 6.07) is 0. The first-order valence-electron chi connectivity index (χ1n) is 14.1. The van der Waals surface area contributed by atoms with E-state index < -0.39 is 149 Å². The average molecular weight is 667 g/mol. The quantitative estimate of drug-likeness (QED) is 0.103. The number of hydrogen-bond donors (Lipinski definition) is 14. The predicted octanol–water partition coefficient (Wildman–Crippen LogP) is -9.75. The third-order valence-corrected chi connectivity index (χ3v) is 8.20. The van der Waals surface area contributed by atoms with Crippen molar-refractivity contribution in [2.45, 2.75) is 123 Å². The normalized spacial score (nSPS) is 52.9. The van der Waals surface area contributed by atoms with Gasteiger partial charge in [0.25, 0.3) is 0 Å². The minimum absolute atomic E-state index is 0.784. The maximum absolute atomic E-state index is 10.9. The van der Waals surface area contributed by atoms with Crippen molar-refractivity contribution in [3.8, 4) is 0 Å². The van der Waals surface area contributed by atoms with Gasteiger partial charge in [0.1, 0.15) is 97.7 Å². The first-order chi connectivity index (χ1) is 21.3. The zero-order valence-corrected chi connectivity index (χ0v) is 23.5. The minimum atomic E-state index is -2.02. The molecule has 21 nitrogen and oxygen atoms in total. The van der Waals surface area contributed by atoms with Crippen LogP contribution >= 0.6 is 0 Å².